The van der Waals surface area contributed by atoms with E-state index in [1.807, 2.05) is 12.3 Å². The van der Waals surface area contributed by atoms with Gasteiger partial charge in [0.2, 0.25) is 11.0 Å². The SMILES string of the molecule is Cc1nnc(NC(=O)Cc2csc(CCCCCN)n2)s1. The fourth-order valence-electron chi connectivity index (χ4n) is 1.82. The Morgan fingerprint density at radius 1 is 1.33 bits per heavy atom. The fraction of sp³-hybridized carbons (Fsp3) is 0.538. The summed E-state index contributed by atoms with van der Waals surface area (Å²) in [7, 11) is 0. The van der Waals surface area contributed by atoms with E-state index in [1.54, 1.807) is 11.3 Å². The van der Waals surface area contributed by atoms with E-state index in [2.05, 4.69) is 20.5 Å². The predicted molar refractivity (Wildman–Crippen MR) is 85.7 cm³/mol. The van der Waals surface area contributed by atoms with Crippen LogP contribution < -0.4 is 11.1 Å². The van der Waals surface area contributed by atoms with E-state index in [9.17, 15) is 4.79 Å². The maximum absolute atomic E-state index is 11.9. The number of nitrogens with zero attached hydrogens (tertiary/aromatic N) is 3. The van der Waals surface area contributed by atoms with Crippen molar-refractivity contribution >= 4 is 33.7 Å². The molecule has 0 aliphatic heterocycles. The molecule has 0 fully saturated rings. The Balaban J connectivity index is 1.77. The van der Waals surface area contributed by atoms with Crippen LogP contribution in [0.2, 0.25) is 0 Å². The van der Waals surface area contributed by atoms with Gasteiger partial charge >= 0.3 is 0 Å². The van der Waals surface area contributed by atoms with Gasteiger partial charge in [0, 0.05) is 5.38 Å². The van der Waals surface area contributed by atoms with Gasteiger partial charge in [0.05, 0.1) is 17.1 Å². The highest BCUT2D eigenvalue weighted by molar-refractivity contribution is 7.15. The molecule has 2 aromatic heterocycles. The summed E-state index contributed by atoms with van der Waals surface area (Å²) in [5.41, 5.74) is 6.28. The van der Waals surface area contributed by atoms with Gasteiger partial charge in [-0.25, -0.2) is 4.98 Å². The maximum Gasteiger partial charge on any atom is 0.232 e. The summed E-state index contributed by atoms with van der Waals surface area (Å²) in [5, 5.41) is 14.9. The van der Waals surface area contributed by atoms with E-state index >= 15 is 0 Å². The normalized spacial score (nSPS) is 10.8. The molecule has 0 radical (unpaired) electrons. The lowest BCUT2D eigenvalue weighted by atomic mass is 10.2. The Morgan fingerprint density at radius 2 is 2.19 bits per heavy atom. The number of aromatic nitrogens is 3. The van der Waals surface area contributed by atoms with E-state index in [0.717, 1.165) is 47.9 Å². The molecule has 0 saturated carbocycles. The second-order valence-corrected chi connectivity index (χ2v) is 6.81. The molecule has 0 aliphatic carbocycles. The van der Waals surface area contributed by atoms with Gasteiger partial charge in [0.25, 0.3) is 0 Å². The summed E-state index contributed by atoms with van der Waals surface area (Å²) in [5.74, 6) is -0.105. The summed E-state index contributed by atoms with van der Waals surface area (Å²) in [6, 6.07) is 0. The molecular formula is C13H19N5OS2. The van der Waals surface area contributed by atoms with Crippen LogP contribution in [-0.2, 0) is 17.6 Å². The van der Waals surface area contributed by atoms with Crippen molar-refractivity contribution in [2.75, 3.05) is 11.9 Å². The first-order valence-corrected chi connectivity index (χ1v) is 8.60. The molecule has 0 aromatic carbocycles. The van der Waals surface area contributed by atoms with E-state index in [1.165, 1.54) is 11.3 Å². The molecule has 0 bridgehead atoms. The Hall–Kier alpha value is -1.38. The lowest BCUT2D eigenvalue weighted by Crippen LogP contribution is -2.14. The van der Waals surface area contributed by atoms with Crippen molar-refractivity contribution in [3.63, 3.8) is 0 Å². The van der Waals surface area contributed by atoms with Crippen LogP contribution in [0.15, 0.2) is 5.38 Å². The van der Waals surface area contributed by atoms with Gasteiger partial charge in [-0.1, -0.05) is 17.8 Å². The van der Waals surface area contributed by atoms with Gasteiger partial charge in [-0.3, -0.25) is 4.79 Å². The smallest absolute Gasteiger partial charge is 0.232 e. The summed E-state index contributed by atoms with van der Waals surface area (Å²) < 4.78 is 0. The number of unbranched alkanes of at least 4 members (excludes halogenated alkanes) is 2. The van der Waals surface area contributed by atoms with Crippen molar-refractivity contribution in [2.45, 2.75) is 39.0 Å². The highest BCUT2D eigenvalue weighted by atomic mass is 32.1. The maximum atomic E-state index is 11.9. The van der Waals surface area contributed by atoms with Crippen LogP contribution in [0.25, 0.3) is 0 Å². The first kappa shape index (κ1) is 16.0. The van der Waals surface area contributed by atoms with Gasteiger partial charge in [0.1, 0.15) is 5.01 Å². The predicted octanol–water partition coefficient (Wildman–Crippen LogP) is 2.16. The fourth-order valence-corrected chi connectivity index (χ4v) is 3.27. The average molecular weight is 325 g/mol. The number of amides is 1. The molecule has 2 heterocycles. The number of thiazole rings is 1. The Bertz CT molecular complexity index is 581. The molecule has 1 amide bonds. The minimum atomic E-state index is -0.105. The summed E-state index contributed by atoms with van der Waals surface area (Å²) in [4.78, 5) is 16.4. The molecule has 21 heavy (non-hydrogen) atoms. The van der Waals surface area contributed by atoms with E-state index in [-0.39, 0.29) is 12.3 Å². The van der Waals surface area contributed by atoms with Crippen LogP contribution in [0, 0.1) is 6.92 Å². The molecule has 0 aliphatic rings. The lowest BCUT2D eigenvalue weighted by molar-refractivity contribution is -0.115. The van der Waals surface area contributed by atoms with E-state index in [0.29, 0.717) is 5.13 Å². The Kier molecular flexibility index (Phi) is 6.21. The van der Waals surface area contributed by atoms with Crippen molar-refractivity contribution in [1.29, 1.82) is 0 Å². The first-order chi connectivity index (χ1) is 10.2. The van der Waals surface area contributed by atoms with Crippen molar-refractivity contribution in [3.05, 3.63) is 21.1 Å². The Morgan fingerprint density at radius 3 is 2.90 bits per heavy atom. The molecule has 114 valence electrons. The number of anilines is 1. The highest BCUT2D eigenvalue weighted by Gasteiger charge is 2.10. The minimum Gasteiger partial charge on any atom is -0.330 e. The van der Waals surface area contributed by atoms with Crippen molar-refractivity contribution < 1.29 is 4.79 Å². The number of nitrogens with two attached hydrogens (primary N) is 1. The van der Waals surface area contributed by atoms with Crippen LogP contribution in [0.4, 0.5) is 5.13 Å². The van der Waals surface area contributed by atoms with Gasteiger partial charge in [-0.2, -0.15) is 0 Å². The zero-order valence-electron chi connectivity index (χ0n) is 12.0. The molecule has 0 saturated heterocycles. The number of carbonyl (C=O) groups is 1. The van der Waals surface area contributed by atoms with Crippen LogP contribution in [0.5, 0.6) is 0 Å². The van der Waals surface area contributed by atoms with Gasteiger partial charge < -0.3 is 11.1 Å². The third-order valence-electron chi connectivity index (χ3n) is 2.81. The molecule has 2 aromatic rings. The number of hydrogen-bond donors (Lipinski definition) is 2. The average Bonchev–Trinajstić information content (AvgIpc) is 3.04. The number of rotatable bonds is 8. The Labute approximate surface area is 131 Å². The molecule has 0 atom stereocenters. The van der Waals surface area contributed by atoms with Crippen molar-refractivity contribution in [3.8, 4) is 0 Å². The third-order valence-corrected chi connectivity index (χ3v) is 4.52. The number of nitrogens with one attached hydrogen (secondary N) is 1. The topological polar surface area (TPSA) is 93.8 Å². The van der Waals surface area contributed by atoms with Gasteiger partial charge in [0.15, 0.2) is 0 Å². The first-order valence-electron chi connectivity index (χ1n) is 6.90. The van der Waals surface area contributed by atoms with Gasteiger partial charge in [-0.15, -0.1) is 21.5 Å². The number of hydrogen-bond acceptors (Lipinski definition) is 7. The van der Waals surface area contributed by atoms with Crippen molar-refractivity contribution in [2.24, 2.45) is 5.73 Å². The number of carbonyl (C=O) groups excluding carboxylic acids is 1. The zero-order chi connectivity index (χ0) is 15.1. The lowest BCUT2D eigenvalue weighted by Gasteiger charge is -1.98. The minimum absolute atomic E-state index is 0.105. The molecule has 8 heteroatoms. The summed E-state index contributed by atoms with van der Waals surface area (Å²) >= 11 is 2.98. The zero-order valence-corrected chi connectivity index (χ0v) is 13.6. The quantitative estimate of drug-likeness (QED) is 0.725. The standard InChI is InChI=1S/C13H19N5OS2/c1-9-17-18-13(21-9)16-11(19)7-10-8-20-12(15-10)5-3-2-4-6-14/h8H,2-7,14H2,1H3,(H,16,18,19). The van der Waals surface area contributed by atoms with Crippen LogP contribution in [0.1, 0.15) is 35.0 Å². The van der Waals surface area contributed by atoms with Crippen LogP contribution in [-0.4, -0.2) is 27.6 Å². The van der Waals surface area contributed by atoms with Crippen molar-refractivity contribution in [1.82, 2.24) is 15.2 Å². The van der Waals surface area contributed by atoms with Crippen LogP contribution >= 0.6 is 22.7 Å². The van der Waals surface area contributed by atoms with Gasteiger partial charge in [-0.05, 0) is 32.7 Å². The molecule has 3 N–H and O–H groups in total. The largest absolute Gasteiger partial charge is 0.330 e. The van der Waals surface area contributed by atoms with Crippen LogP contribution in [0.3, 0.4) is 0 Å². The molecular weight excluding hydrogens is 306 g/mol. The molecule has 6 nitrogen and oxygen atoms in total. The summed E-state index contributed by atoms with van der Waals surface area (Å²) in [6.07, 6.45) is 4.52. The second-order valence-electron chi connectivity index (χ2n) is 4.68. The number of aryl methyl sites for hydroxylation is 2. The molecule has 0 unspecified atom stereocenters. The second kappa shape index (κ2) is 8.16. The molecule has 0 spiro atoms. The van der Waals surface area contributed by atoms with E-state index in [4.69, 9.17) is 5.73 Å². The monoisotopic (exact) mass is 325 g/mol. The highest BCUT2D eigenvalue weighted by Crippen LogP contribution is 2.16. The third kappa shape index (κ3) is 5.49. The molecule has 2 rings (SSSR count). The van der Waals surface area contributed by atoms with E-state index < -0.39 is 0 Å². The summed E-state index contributed by atoms with van der Waals surface area (Å²) in [6.45, 7) is 2.60.